The number of hydrogen-bond acceptors (Lipinski definition) is 1. The lowest BCUT2D eigenvalue weighted by atomic mass is 9.95. The molecule has 2 rings (SSSR count). The third-order valence-electron chi connectivity index (χ3n) is 3.38. The van der Waals surface area contributed by atoms with E-state index in [1.54, 1.807) is 12.1 Å². The summed E-state index contributed by atoms with van der Waals surface area (Å²) in [5.74, 6) is 0.412. The summed E-state index contributed by atoms with van der Waals surface area (Å²) in [6.07, 6.45) is 3.58. The summed E-state index contributed by atoms with van der Waals surface area (Å²) in [7, 11) is 0. The largest absolute Gasteiger partial charge is 0.311 e. The molecule has 2 unspecified atom stereocenters. The van der Waals surface area contributed by atoms with Gasteiger partial charge in [0.05, 0.1) is 0 Å². The van der Waals surface area contributed by atoms with Gasteiger partial charge in [0.15, 0.2) is 0 Å². The molecule has 0 spiro atoms. The normalized spacial score (nSPS) is 19.4. The Bertz CT molecular complexity index is 346. The van der Waals surface area contributed by atoms with Crippen LogP contribution in [0.25, 0.3) is 0 Å². The van der Waals surface area contributed by atoms with Crippen LogP contribution in [0.2, 0.25) is 0 Å². The summed E-state index contributed by atoms with van der Waals surface area (Å²) in [4.78, 5) is 0. The molecular formula is C14H20FN. The molecule has 0 bridgehead atoms. The molecule has 0 heterocycles. The zero-order valence-electron chi connectivity index (χ0n) is 10.0. The Kier molecular flexibility index (Phi) is 3.59. The summed E-state index contributed by atoms with van der Waals surface area (Å²) >= 11 is 0. The van der Waals surface area contributed by atoms with E-state index >= 15 is 0 Å². The minimum absolute atomic E-state index is 0.132. The van der Waals surface area contributed by atoms with E-state index in [0.29, 0.717) is 12.0 Å². The lowest BCUT2D eigenvalue weighted by molar-refractivity contribution is 0.395. The molecule has 1 aliphatic carbocycles. The van der Waals surface area contributed by atoms with Crippen molar-refractivity contribution in [1.29, 1.82) is 0 Å². The van der Waals surface area contributed by atoms with Crippen LogP contribution in [0.4, 0.5) is 4.39 Å². The summed E-state index contributed by atoms with van der Waals surface area (Å²) in [5.41, 5.74) is 1.09. The van der Waals surface area contributed by atoms with Crippen molar-refractivity contribution in [2.45, 2.75) is 45.2 Å². The van der Waals surface area contributed by atoms with E-state index in [2.05, 4.69) is 19.2 Å². The van der Waals surface area contributed by atoms with Crippen LogP contribution in [-0.4, -0.2) is 12.1 Å². The van der Waals surface area contributed by atoms with Crippen molar-refractivity contribution >= 4 is 0 Å². The van der Waals surface area contributed by atoms with Crippen LogP contribution < -0.4 is 5.32 Å². The highest BCUT2D eigenvalue weighted by Crippen LogP contribution is 2.22. The van der Waals surface area contributed by atoms with Gasteiger partial charge in [-0.05, 0) is 49.8 Å². The lowest BCUT2D eigenvalue weighted by Gasteiger charge is -2.21. The van der Waals surface area contributed by atoms with Crippen LogP contribution in [0.15, 0.2) is 24.3 Å². The SMILES string of the molecule is CC(Cc1cccc(F)c1)C(C)NC1CC1. The predicted molar refractivity (Wildman–Crippen MR) is 64.9 cm³/mol. The Hall–Kier alpha value is -0.890. The Labute approximate surface area is 97.1 Å². The van der Waals surface area contributed by atoms with Gasteiger partial charge in [-0.3, -0.25) is 0 Å². The molecule has 2 atom stereocenters. The molecule has 1 N–H and O–H groups in total. The topological polar surface area (TPSA) is 12.0 Å². The number of halogens is 1. The van der Waals surface area contributed by atoms with Gasteiger partial charge < -0.3 is 5.32 Å². The van der Waals surface area contributed by atoms with Crippen molar-refractivity contribution in [2.75, 3.05) is 0 Å². The number of benzene rings is 1. The fraction of sp³-hybridized carbons (Fsp3) is 0.571. The maximum absolute atomic E-state index is 13.0. The van der Waals surface area contributed by atoms with Gasteiger partial charge in [-0.25, -0.2) is 4.39 Å². The number of hydrogen-bond donors (Lipinski definition) is 1. The molecule has 1 fully saturated rings. The molecule has 0 saturated heterocycles. The highest BCUT2D eigenvalue weighted by Gasteiger charge is 2.24. The second-order valence-corrected chi connectivity index (χ2v) is 5.04. The van der Waals surface area contributed by atoms with E-state index in [0.717, 1.165) is 18.0 Å². The molecular weight excluding hydrogens is 201 g/mol. The molecule has 1 aromatic carbocycles. The molecule has 1 aliphatic rings. The number of rotatable bonds is 5. The van der Waals surface area contributed by atoms with E-state index < -0.39 is 0 Å². The highest BCUT2D eigenvalue weighted by molar-refractivity contribution is 5.17. The van der Waals surface area contributed by atoms with Gasteiger partial charge in [-0.15, -0.1) is 0 Å². The van der Waals surface area contributed by atoms with Gasteiger partial charge in [0.2, 0.25) is 0 Å². The van der Waals surface area contributed by atoms with Crippen molar-refractivity contribution in [1.82, 2.24) is 5.32 Å². The van der Waals surface area contributed by atoms with Crippen LogP contribution >= 0.6 is 0 Å². The predicted octanol–water partition coefficient (Wildman–Crippen LogP) is 3.14. The molecule has 2 heteroatoms. The van der Waals surface area contributed by atoms with Crippen molar-refractivity contribution in [2.24, 2.45) is 5.92 Å². The van der Waals surface area contributed by atoms with E-state index in [4.69, 9.17) is 0 Å². The third-order valence-corrected chi connectivity index (χ3v) is 3.38. The first kappa shape index (κ1) is 11.6. The summed E-state index contributed by atoms with van der Waals surface area (Å²) in [6, 6.07) is 8.18. The van der Waals surface area contributed by atoms with Gasteiger partial charge in [0.25, 0.3) is 0 Å². The molecule has 0 radical (unpaired) electrons. The molecule has 1 aromatic rings. The van der Waals surface area contributed by atoms with Crippen LogP contribution in [0.3, 0.4) is 0 Å². The van der Waals surface area contributed by atoms with E-state index in [-0.39, 0.29) is 5.82 Å². The maximum Gasteiger partial charge on any atom is 0.123 e. The highest BCUT2D eigenvalue weighted by atomic mass is 19.1. The van der Waals surface area contributed by atoms with Crippen molar-refractivity contribution in [3.05, 3.63) is 35.6 Å². The first-order valence-corrected chi connectivity index (χ1v) is 6.15. The van der Waals surface area contributed by atoms with Gasteiger partial charge in [-0.2, -0.15) is 0 Å². The van der Waals surface area contributed by atoms with Gasteiger partial charge in [-0.1, -0.05) is 19.1 Å². The molecule has 16 heavy (non-hydrogen) atoms. The fourth-order valence-corrected chi connectivity index (χ4v) is 2.00. The Morgan fingerprint density at radius 3 is 2.75 bits per heavy atom. The molecule has 0 amide bonds. The van der Waals surface area contributed by atoms with Crippen LogP contribution in [0.1, 0.15) is 32.3 Å². The van der Waals surface area contributed by atoms with E-state index in [9.17, 15) is 4.39 Å². The first-order chi connectivity index (χ1) is 7.65. The maximum atomic E-state index is 13.0. The average molecular weight is 221 g/mol. The first-order valence-electron chi connectivity index (χ1n) is 6.15. The van der Waals surface area contributed by atoms with E-state index in [1.807, 2.05) is 6.07 Å². The van der Waals surface area contributed by atoms with Crippen molar-refractivity contribution < 1.29 is 4.39 Å². The summed E-state index contributed by atoms with van der Waals surface area (Å²) in [6.45, 7) is 4.45. The summed E-state index contributed by atoms with van der Waals surface area (Å²) < 4.78 is 13.0. The van der Waals surface area contributed by atoms with Gasteiger partial charge in [0.1, 0.15) is 5.82 Å². The van der Waals surface area contributed by atoms with Crippen LogP contribution in [0.5, 0.6) is 0 Å². The second-order valence-electron chi connectivity index (χ2n) is 5.04. The molecule has 0 aliphatic heterocycles. The van der Waals surface area contributed by atoms with Crippen molar-refractivity contribution in [3.8, 4) is 0 Å². The van der Waals surface area contributed by atoms with Crippen LogP contribution in [0, 0.1) is 11.7 Å². The minimum Gasteiger partial charge on any atom is -0.311 e. The second kappa shape index (κ2) is 4.96. The third kappa shape index (κ3) is 3.31. The van der Waals surface area contributed by atoms with Gasteiger partial charge >= 0.3 is 0 Å². The fourth-order valence-electron chi connectivity index (χ4n) is 2.00. The minimum atomic E-state index is -0.132. The zero-order valence-corrected chi connectivity index (χ0v) is 10.0. The van der Waals surface area contributed by atoms with Crippen LogP contribution in [-0.2, 0) is 6.42 Å². The summed E-state index contributed by atoms with van der Waals surface area (Å²) in [5, 5.41) is 3.59. The van der Waals surface area contributed by atoms with E-state index in [1.165, 1.54) is 18.9 Å². The van der Waals surface area contributed by atoms with Gasteiger partial charge in [0, 0.05) is 12.1 Å². The monoisotopic (exact) mass is 221 g/mol. The standard InChI is InChI=1S/C14H20FN/c1-10(11(2)16-14-6-7-14)8-12-4-3-5-13(15)9-12/h3-5,9-11,14,16H,6-8H2,1-2H3. The molecule has 1 nitrogen and oxygen atoms in total. The zero-order chi connectivity index (χ0) is 11.5. The molecule has 0 aromatic heterocycles. The van der Waals surface area contributed by atoms with Crippen molar-refractivity contribution in [3.63, 3.8) is 0 Å². The molecule has 88 valence electrons. The average Bonchev–Trinajstić information content (AvgIpc) is 3.01. The quantitative estimate of drug-likeness (QED) is 0.805. The smallest absolute Gasteiger partial charge is 0.123 e. The Morgan fingerprint density at radius 2 is 2.12 bits per heavy atom. The lowest BCUT2D eigenvalue weighted by Crippen LogP contribution is -2.34. The Morgan fingerprint density at radius 1 is 1.38 bits per heavy atom. The number of nitrogens with one attached hydrogen (secondary N) is 1. The molecule has 1 saturated carbocycles. The Balaban J connectivity index is 1.87.